The number of hydrogen-bond donors (Lipinski definition) is 3. The quantitative estimate of drug-likeness (QED) is 0.276. The van der Waals surface area contributed by atoms with Crippen molar-refractivity contribution in [1.29, 1.82) is 0 Å². The lowest BCUT2D eigenvalue weighted by Gasteiger charge is -2.40. The number of carbonyl (C=O) groups excluding carboxylic acids is 2. The van der Waals surface area contributed by atoms with E-state index in [1.165, 1.54) is 15.8 Å². The minimum absolute atomic E-state index is 0.134. The molecular weight excluding hydrogens is 574 g/mol. The van der Waals surface area contributed by atoms with Gasteiger partial charge in [-0.2, -0.15) is 5.10 Å². The molecule has 238 valence electrons. The van der Waals surface area contributed by atoms with E-state index in [0.717, 1.165) is 23.8 Å². The number of nitrogens with zero attached hydrogens (tertiary/aromatic N) is 3. The van der Waals surface area contributed by atoms with Crippen LogP contribution in [0.5, 0.6) is 0 Å². The van der Waals surface area contributed by atoms with Crippen LogP contribution in [0.4, 0.5) is 13.6 Å². The van der Waals surface area contributed by atoms with Crippen LogP contribution in [0.25, 0.3) is 5.69 Å². The molecule has 0 spiro atoms. The molecule has 1 heterocycles. The number of nitrogens with one attached hydrogen (secondary N) is 1. The number of rotatable bonds is 11. The van der Waals surface area contributed by atoms with Gasteiger partial charge < -0.3 is 25.2 Å². The van der Waals surface area contributed by atoms with E-state index in [-0.39, 0.29) is 25.1 Å². The first-order chi connectivity index (χ1) is 20.5. The molecule has 0 aliphatic heterocycles. The zero-order valence-electron chi connectivity index (χ0n) is 25.8. The Morgan fingerprint density at radius 3 is 2.27 bits per heavy atom. The van der Waals surface area contributed by atoms with Crippen LogP contribution in [-0.4, -0.2) is 67.7 Å². The molecule has 0 fully saturated rings. The fourth-order valence-electron chi connectivity index (χ4n) is 4.93. The number of aliphatic carboxylic acids is 1. The largest absolute Gasteiger partial charge is 0.480 e. The van der Waals surface area contributed by atoms with Crippen molar-refractivity contribution in [2.24, 2.45) is 5.41 Å². The van der Waals surface area contributed by atoms with Gasteiger partial charge in [0.1, 0.15) is 35.6 Å². The van der Waals surface area contributed by atoms with Gasteiger partial charge in [0.15, 0.2) is 0 Å². The molecule has 0 bridgehead atoms. The van der Waals surface area contributed by atoms with Crippen LogP contribution >= 0.6 is 0 Å². The van der Waals surface area contributed by atoms with E-state index >= 15 is 0 Å². The summed E-state index contributed by atoms with van der Waals surface area (Å²) in [4.78, 5) is 39.0. The third-order valence-corrected chi connectivity index (χ3v) is 6.72. The standard InChI is InChI=1S/C32H40F2N4O6/c1-31(2,3)28(37(27(40)19-39)15-14-24(29(41)42)35-30(43)44-32(4,5)6)22-18-38(26-17-21(33)12-13-23(26)34)36-25(22)16-20-10-8-7-9-11-20/h7-13,17-18,24,28,39H,14-16,19H2,1-6H3,(H,35,43)(H,41,42)/t24-,28-/m0/s1. The SMILES string of the molecule is CC(C)(C)OC(=O)N[C@@H](CCN(C(=O)CO)[C@@H](c1cn(-c2cc(F)ccc2F)nc1Cc1ccccc1)C(C)(C)C)C(=O)O. The van der Waals surface area contributed by atoms with E-state index in [0.29, 0.717) is 11.3 Å². The van der Waals surface area contributed by atoms with Crippen molar-refractivity contribution in [2.45, 2.75) is 72.1 Å². The number of benzene rings is 2. The highest BCUT2D eigenvalue weighted by molar-refractivity contribution is 5.80. The van der Waals surface area contributed by atoms with Gasteiger partial charge in [-0.1, -0.05) is 51.1 Å². The third kappa shape index (κ3) is 9.09. The highest BCUT2D eigenvalue weighted by Crippen LogP contribution is 2.40. The predicted octanol–water partition coefficient (Wildman–Crippen LogP) is 5.02. The number of carboxylic acids is 1. The highest BCUT2D eigenvalue weighted by atomic mass is 19.1. The van der Waals surface area contributed by atoms with Crippen LogP contribution < -0.4 is 5.32 Å². The lowest BCUT2D eigenvalue weighted by molar-refractivity contribution is -0.143. The molecule has 0 saturated heterocycles. The van der Waals surface area contributed by atoms with Crippen LogP contribution in [0.1, 0.15) is 70.8 Å². The fraction of sp³-hybridized carbons (Fsp3) is 0.438. The van der Waals surface area contributed by atoms with Crippen LogP contribution in [0.3, 0.4) is 0 Å². The van der Waals surface area contributed by atoms with E-state index in [2.05, 4.69) is 10.4 Å². The minimum Gasteiger partial charge on any atom is -0.480 e. The fourth-order valence-corrected chi connectivity index (χ4v) is 4.93. The summed E-state index contributed by atoms with van der Waals surface area (Å²) in [5, 5.41) is 26.7. The number of alkyl carbamates (subject to hydrolysis) is 1. The molecule has 2 atom stereocenters. The molecule has 12 heteroatoms. The Hall–Kier alpha value is -4.32. The molecule has 3 rings (SSSR count). The number of hydrogen-bond acceptors (Lipinski definition) is 6. The molecule has 3 aromatic rings. The molecule has 0 aliphatic rings. The Morgan fingerprint density at radius 2 is 1.70 bits per heavy atom. The number of aliphatic hydroxyl groups is 1. The number of amides is 2. The van der Waals surface area contributed by atoms with Crippen molar-refractivity contribution in [2.75, 3.05) is 13.2 Å². The molecule has 44 heavy (non-hydrogen) atoms. The average molecular weight is 615 g/mol. The minimum atomic E-state index is -1.41. The van der Waals surface area contributed by atoms with Crippen LogP contribution in [0.15, 0.2) is 54.7 Å². The number of carbonyl (C=O) groups is 3. The maximum atomic E-state index is 14.9. The van der Waals surface area contributed by atoms with E-state index in [4.69, 9.17) is 4.74 Å². The molecule has 0 unspecified atom stereocenters. The molecule has 0 radical (unpaired) electrons. The lowest BCUT2D eigenvalue weighted by Crippen LogP contribution is -2.48. The summed E-state index contributed by atoms with van der Waals surface area (Å²) in [6.07, 6.45) is 0.664. The second-order valence-electron chi connectivity index (χ2n) is 12.6. The van der Waals surface area contributed by atoms with Crippen LogP contribution in [0, 0.1) is 17.0 Å². The van der Waals surface area contributed by atoms with E-state index in [1.807, 2.05) is 51.1 Å². The van der Waals surface area contributed by atoms with Crippen molar-refractivity contribution < 1.29 is 38.1 Å². The van der Waals surface area contributed by atoms with Crippen molar-refractivity contribution in [1.82, 2.24) is 20.0 Å². The van der Waals surface area contributed by atoms with Crippen LogP contribution in [-0.2, 0) is 20.7 Å². The van der Waals surface area contributed by atoms with Gasteiger partial charge in [0.05, 0.1) is 11.7 Å². The first-order valence-electron chi connectivity index (χ1n) is 14.2. The molecule has 0 saturated carbocycles. The number of aromatic nitrogens is 2. The zero-order valence-corrected chi connectivity index (χ0v) is 25.8. The van der Waals surface area contributed by atoms with E-state index in [1.54, 1.807) is 20.8 Å². The summed E-state index contributed by atoms with van der Waals surface area (Å²) >= 11 is 0. The zero-order chi connectivity index (χ0) is 32.8. The van der Waals surface area contributed by atoms with E-state index in [9.17, 15) is 33.4 Å². The molecule has 2 amide bonds. The van der Waals surface area contributed by atoms with Gasteiger partial charge in [-0.15, -0.1) is 0 Å². The number of halogens is 2. The first kappa shape index (κ1) is 34.2. The Morgan fingerprint density at radius 1 is 1.05 bits per heavy atom. The smallest absolute Gasteiger partial charge is 0.408 e. The second kappa shape index (κ2) is 14.0. The molecule has 1 aromatic heterocycles. The van der Waals surface area contributed by atoms with Crippen LogP contribution in [0.2, 0.25) is 0 Å². The van der Waals surface area contributed by atoms with Gasteiger partial charge in [0, 0.05) is 30.8 Å². The van der Waals surface area contributed by atoms with Crippen molar-refractivity contribution in [3.05, 3.63) is 83.2 Å². The molecular formula is C32H40F2N4O6. The van der Waals surface area contributed by atoms with E-state index < -0.39 is 59.3 Å². The lowest BCUT2D eigenvalue weighted by atomic mass is 9.80. The number of ether oxygens (including phenoxy) is 1. The van der Waals surface area contributed by atoms with Gasteiger partial charge in [-0.25, -0.2) is 23.1 Å². The summed E-state index contributed by atoms with van der Waals surface area (Å²) in [6.45, 7) is 9.44. The van der Waals surface area contributed by atoms with Gasteiger partial charge in [0.25, 0.3) is 0 Å². The topological polar surface area (TPSA) is 134 Å². The maximum absolute atomic E-state index is 14.9. The monoisotopic (exact) mass is 614 g/mol. The summed E-state index contributed by atoms with van der Waals surface area (Å²) < 4.78 is 35.4. The Balaban J connectivity index is 2.10. The summed E-state index contributed by atoms with van der Waals surface area (Å²) in [7, 11) is 0. The van der Waals surface area contributed by atoms with Crippen molar-refractivity contribution >= 4 is 18.0 Å². The Kier molecular flexibility index (Phi) is 10.9. The van der Waals surface area contributed by atoms with Crippen molar-refractivity contribution in [3.8, 4) is 5.69 Å². The van der Waals surface area contributed by atoms with Crippen molar-refractivity contribution in [3.63, 3.8) is 0 Å². The molecule has 2 aromatic carbocycles. The Bertz CT molecular complexity index is 1460. The summed E-state index contributed by atoms with van der Waals surface area (Å²) in [5.74, 6) is -3.40. The predicted molar refractivity (Wildman–Crippen MR) is 159 cm³/mol. The van der Waals surface area contributed by atoms with Gasteiger partial charge >= 0.3 is 12.1 Å². The number of aliphatic hydroxyl groups excluding tert-OH is 1. The molecule has 0 aliphatic carbocycles. The third-order valence-electron chi connectivity index (χ3n) is 6.72. The summed E-state index contributed by atoms with van der Waals surface area (Å²) in [5.41, 5.74) is 0.127. The highest BCUT2D eigenvalue weighted by Gasteiger charge is 2.38. The second-order valence-corrected chi connectivity index (χ2v) is 12.6. The Labute approximate surface area is 255 Å². The molecule has 10 nitrogen and oxygen atoms in total. The normalized spacial score (nSPS) is 13.2. The first-order valence-corrected chi connectivity index (χ1v) is 14.2. The maximum Gasteiger partial charge on any atom is 0.408 e. The van der Waals surface area contributed by atoms with Gasteiger partial charge in [-0.05, 0) is 50.3 Å². The average Bonchev–Trinajstić information content (AvgIpc) is 3.32. The summed E-state index contributed by atoms with van der Waals surface area (Å²) in [6, 6.07) is 10.1. The van der Waals surface area contributed by atoms with Gasteiger partial charge in [0.2, 0.25) is 5.91 Å². The van der Waals surface area contributed by atoms with Gasteiger partial charge in [-0.3, -0.25) is 4.79 Å². The number of carboxylic acid groups (broad SMARTS) is 1. The molecule has 3 N–H and O–H groups in total.